The summed E-state index contributed by atoms with van der Waals surface area (Å²) in [6.07, 6.45) is 3.43. The predicted molar refractivity (Wildman–Crippen MR) is 88.8 cm³/mol. The van der Waals surface area contributed by atoms with E-state index in [2.05, 4.69) is 25.3 Å². The molecule has 1 aliphatic rings. The van der Waals surface area contributed by atoms with Crippen molar-refractivity contribution >= 4 is 16.9 Å². The number of para-hydroxylation sites is 2. The molecule has 1 aliphatic carbocycles. The van der Waals surface area contributed by atoms with E-state index >= 15 is 0 Å². The first-order chi connectivity index (χ1) is 11.6. The number of imidazole rings is 1. The largest absolute Gasteiger partial charge is 0.342 e. The molecule has 2 aromatic heterocycles. The second-order valence-electron chi connectivity index (χ2n) is 6.12. The summed E-state index contributed by atoms with van der Waals surface area (Å²) >= 11 is 0. The maximum atomic E-state index is 12.3. The van der Waals surface area contributed by atoms with Crippen LogP contribution in [0.15, 0.2) is 35.3 Å². The van der Waals surface area contributed by atoms with E-state index in [0.29, 0.717) is 17.6 Å². The molecule has 24 heavy (non-hydrogen) atoms. The standard InChI is InChI=1S/C17H17N5O2/c1-9(14-20-12-4-2-3-5-13(12)21-14)19-16(23)11-8-18-15(10-6-7-10)22-17(11)24/h2-5,8-10H,6-7H2,1H3,(H,19,23)(H,20,21)(H,18,22,24)/t9-/m1/s1. The van der Waals surface area contributed by atoms with Gasteiger partial charge in [0.1, 0.15) is 17.2 Å². The maximum Gasteiger partial charge on any atom is 0.263 e. The van der Waals surface area contributed by atoms with Gasteiger partial charge in [0.2, 0.25) is 0 Å². The Morgan fingerprint density at radius 3 is 2.79 bits per heavy atom. The fourth-order valence-corrected chi connectivity index (χ4v) is 2.65. The lowest BCUT2D eigenvalue weighted by atomic mass is 10.2. The Kier molecular flexibility index (Phi) is 3.41. The minimum absolute atomic E-state index is 0.0161. The number of carbonyl (C=O) groups is 1. The first-order valence-corrected chi connectivity index (χ1v) is 7.96. The van der Waals surface area contributed by atoms with Crippen LogP contribution in [0.4, 0.5) is 0 Å². The molecule has 0 radical (unpaired) electrons. The summed E-state index contributed by atoms with van der Waals surface area (Å²) in [5.41, 5.74) is 1.35. The zero-order chi connectivity index (χ0) is 16.7. The summed E-state index contributed by atoms with van der Waals surface area (Å²) in [6.45, 7) is 1.82. The molecule has 4 rings (SSSR count). The van der Waals surface area contributed by atoms with Gasteiger partial charge in [-0.25, -0.2) is 9.97 Å². The van der Waals surface area contributed by atoms with Crippen LogP contribution in [0.2, 0.25) is 0 Å². The summed E-state index contributed by atoms with van der Waals surface area (Å²) < 4.78 is 0. The molecule has 0 unspecified atom stereocenters. The fraction of sp³-hybridized carbons (Fsp3) is 0.294. The smallest absolute Gasteiger partial charge is 0.263 e. The third kappa shape index (κ3) is 2.68. The van der Waals surface area contributed by atoms with E-state index in [1.165, 1.54) is 6.20 Å². The van der Waals surface area contributed by atoms with E-state index in [9.17, 15) is 9.59 Å². The number of fused-ring (bicyclic) bond motifs is 1. The van der Waals surface area contributed by atoms with E-state index in [1.54, 1.807) is 0 Å². The Morgan fingerprint density at radius 2 is 2.08 bits per heavy atom. The quantitative estimate of drug-likeness (QED) is 0.683. The highest BCUT2D eigenvalue weighted by atomic mass is 16.2. The van der Waals surface area contributed by atoms with Crippen LogP contribution >= 0.6 is 0 Å². The second-order valence-corrected chi connectivity index (χ2v) is 6.12. The molecule has 7 heteroatoms. The van der Waals surface area contributed by atoms with Crippen LogP contribution in [0.25, 0.3) is 11.0 Å². The molecule has 1 amide bonds. The normalized spacial score (nSPS) is 15.4. The van der Waals surface area contributed by atoms with Crippen LogP contribution in [-0.2, 0) is 0 Å². The van der Waals surface area contributed by atoms with Gasteiger partial charge in [-0.2, -0.15) is 0 Å². The van der Waals surface area contributed by atoms with Gasteiger partial charge in [-0.15, -0.1) is 0 Å². The fourth-order valence-electron chi connectivity index (χ4n) is 2.65. The molecule has 2 heterocycles. The number of nitrogens with one attached hydrogen (secondary N) is 3. The summed E-state index contributed by atoms with van der Waals surface area (Å²) in [7, 11) is 0. The van der Waals surface area contributed by atoms with Crippen molar-refractivity contribution < 1.29 is 4.79 Å². The topological polar surface area (TPSA) is 104 Å². The summed E-state index contributed by atoms with van der Waals surface area (Å²) in [6, 6.07) is 7.29. The first kappa shape index (κ1) is 14.6. The summed E-state index contributed by atoms with van der Waals surface area (Å²) in [5, 5.41) is 2.79. The lowest BCUT2D eigenvalue weighted by molar-refractivity contribution is 0.0936. The van der Waals surface area contributed by atoms with Crippen LogP contribution in [0.3, 0.4) is 0 Å². The van der Waals surface area contributed by atoms with Crippen LogP contribution in [0.1, 0.15) is 53.7 Å². The molecular weight excluding hydrogens is 306 g/mol. The minimum Gasteiger partial charge on any atom is -0.342 e. The Hall–Kier alpha value is -2.96. The number of benzene rings is 1. The van der Waals surface area contributed by atoms with Crippen molar-refractivity contribution in [3.8, 4) is 0 Å². The number of hydrogen-bond acceptors (Lipinski definition) is 4. The second kappa shape index (κ2) is 5.59. The number of carbonyl (C=O) groups excluding carboxylic acids is 1. The van der Waals surface area contributed by atoms with Gasteiger partial charge in [0.05, 0.1) is 17.1 Å². The molecule has 0 bridgehead atoms. The number of hydrogen-bond donors (Lipinski definition) is 3. The van der Waals surface area contributed by atoms with E-state index in [0.717, 1.165) is 23.9 Å². The Balaban J connectivity index is 1.53. The molecule has 1 aromatic carbocycles. The van der Waals surface area contributed by atoms with Gasteiger partial charge in [-0.05, 0) is 31.9 Å². The highest BCUT2D eigenvalue weighted by molar-refractivity contribution is 5.93. The van der Waals surface area contributed by atoms with Crippen LogP contribution in [0, 0.1) is 0 Å². The molecule has 0 spiro atoms. The van der Waals surface area contributed by atoms with Crippen molar-refractivity contribution in [2.45, 2.75) is 31.7 Å². The lowest BCUT2D eigenvalue weighted by Gasteiger charge is -2.11. The van der Waals surface area contributed by atoms with Crippen LogP contribution < -0.4 is 10.9 Å². The minimum atomic E-state index is -0.459. The molecule has 1 fully saturated rings. The molecule has 0 saturated heterocycles. The molecule has 3 N–H and O–H groups in total. The first-order valence-electron chi connectivity index (χ1n) is 7.96. The summed E-state index contributed by atoms with van der Waals surface area (Å²) in [4.78, 5) is 39.0. The Labute approximate surface area is 137 Å². The van der Waals surface area contributed by atoms with Gasteiger partial charge < -0.3 is 15.3 Å². The Morgan fingerprint density at radius 1 is 1.29 bits per heavy atom. The molecular formula is C17H17N5O2. The average Bonchev–Trinajstić information content (AvgIpc) is 3.32. The van der Waals surface area contributed by atoms with Gasteiger partial charge in [0.25, 0.3) is 11.5 Å². The third-order valence-corrected chi connectivity index (χ3v) is 4.19. The van der Waals surface area contributed by atoms with Crippen molar-refractivity contribution in [2.24, 2.45) is 0 Å². The number of aromatic amines is 2. The van der Waals surface area contributed by atoms with Crippen LogP contribution in [0.5, 0.6) is 0 Å². The molecule has 3 aromatic rings. The van der Waals surface area contributed by atoms with E-state index in [-0.39, 0.29) is 11.6 Å². The molecule has 7 nitrogen and oxygen atoms in total. The molecule has 1 atom stereocenters. The van der Waals surface area contributed by atoms with Crippen molar-refractivity contribution in [1.82, 2.24) is 25.3 Å². The van der Waals surface area contributed by atoms with Crippen molar-refractivity contribution in [3.63, 3.8) is 0 Å². The zero-order valence-corrected chi connectivity index (χ0v) is 13.2. The number of H-pyrrole nitrogens is 2. The van der Waals surface area contributed by atoms with Gasteiger partial charge in [-0.1, -0.05) is 12.1 Å². The monoisotopic (exact) mass is 323 g/mol. The predicted octanol–water partition coefficient (Wildman–Crippen LogP) is 2.01. The van der Waals surface area contributed by atoms with Gasteiger partial charge in [0, 0.05) is 12.1 Å². The highest BCUT2D eigenvalue weighted by Gasteiger charge is 2.27. The number of amides is 1. The number of nitrogens with zero attached hydrogens (tertiary/aromatic N) is 2. The van der Waals surface area contributed by atoms with Gasteiger partial charge in [0.15, 0.2) is 0 Å². The van der Waals surface area contributed by atoms with Crippen molar-refractivity contribution in [3.05, 3.63) is 58.0 Å². The SMILES string of the molecule is C[C@@H](NC(=O)c1cnc(C2CC2)[nH]c1=O)c1nc2ccccc2[nH]1. The summed E-state index contributed by atoms with van der Waals surface area (Å²) in [5.74, 6) is 1.19. The average molecular weight is 323 g/mol. The third-order valence-electron chi connectivity index (χ3n) is 4.19. The Bertz CT molecular complexity index is 937. The van der Waals surface area contributed by atoms with Crippen molar-refractivity contribution in [1.29, 1.82) is 0 Å². The number of rotatable bonds is 4. The van der Waals surface area contributed by atoms with E-state index < -0.39 is 11.5 Å². The molecule has 0 aliphatic heterocycles. The van der Waals surface area contributed by atoms with Crippen molar-refractivity contribution in [2.75, 3.05) is 0 Å². The maximum absolute atomic E-state index is 12.3. The molecule has 1 saturated carbocycles. The lowest BCUT2D eigenvalue weighted by Crippen LogP contribution is -2.32. The number of aromatic nitrogens is 4. The molecule has 122 valence electrons. The van der Waals surface area contributed by atoms with Gasteiger partial charge >= 0.3 is 0 Å². The zero-order valence-electron chi connectivity index (χ0n) is 13.2. The van der Waals surface area contributed by atoms with E-state index in [1.807, 2.05) is 31.2 Å². The van der Waals surface area contributed by atoms with Crippen LogP contribution in [-0.4, -0.2) is 25.8 Å². The van der Waals surface area contributed by atoms with E-state index in [4.69, 9.17) is 0 Å². The van der Waals surface area contributed by atoms with Gasteiger partial charge in [-0.3, -0.25) is 9.59 Å². The highest BCUT2D eigenvalue weighted by Crippen LogP contribution is 2.37.